The molecular formula is C11H10BrClF2O3. The lowest BCUT2D eigenvalue weighted by molar-refractivity contribution is -0.189. The summed E-state index contributed by atoms with van der Waals surface area (Å²) in [4.78, 5) is 11.1. The van der Waals surface area contributed by atoms with E-state index in [4.69, 9.17) is 11.6 Å². The molecule has 1 atom stereocenters. The van der Waals surface area contributed by atoms with Gasteiger partial charge < -0.3 is 9.84 Å². The van der Waals surface area contributed by atoms with E-state index < -0.39 is 18.0 Å². The smallest absolute Gasteiger partial charge is 0.380 e. The van der Waals surface area contributed by atoms with Gasteiger partial charge in [-0.3, -0.25) is 0 Å². The minimum atomic E-state index is -4.02. The second kappa shape index (κ2) is 5.95. The fraction of sp³-hybridized carbons (Fsp3) is 0.364. The Kier molecular flexibility index (Phi) is 5.07. The number of esters is 1. The van der Waals surface area contributed by atoms with Crippen LogP contribution in [0.15, 0.2) is 22.7 Å². The van der Waals surface area contributed by atoms with Gasteiger partial charge in [0.1, 0.15) is 0 Å². The van der Waals surface area contributed by atoms with Crippen LogP contribution in [0.25, 0.3) is 0 Å². The zero-order valence-electron chi connectivity index (χ0n) is 9.29. The summed E-state index contributed by atoms with van der Waals surface area (Å²) >= 11 is 8.66. The number of aliphatic hydroxyl groups excluding tert-OH is 1. The Morgan fingerprint density at radius 1 is 1.61 bits per heavy atom. The van der Waals surface area contributed by atoms with E-state index in [-0.39, 0.29) is 16.6 Å². The number of halogens is 4. The largest absolute Gasteiger partial charge is 0.461 e. The van der Waals surface area contributed by atoms with Crippen molar-refractivity contribution in [3.8, 4) is 0 Å². The average molecular weight is 344 g/mol. The summed E-state index contributed by atoms with van der Waals surface area (Å²) in [6.45, 7) is 1.21. The number of carbonyl (C=O) groups excluding carboxylic acids is 1. The van der Waals surface area contributed by atoms with E-state index in [0.717, 1.165) is 0 Å². The van der Waals surface area contributed by atoms with Crippen LogP contribution in [0.4, 0.5) is 8.78 Å². The van der Waals surface area contributed by atoms with E-state index >= 15 is 0 Å². The number of benzene rings is 1. The molecule has 0 aromatic heterocycles. The fourth-order valence-electron chi connectivity index (χ4n) is 1.26. The molecule has 18 heavy (non-hydrogen) atoms. The van der Waals surface area contributed by atoms with Crippen LogP contribution in [0, 0.1) is 0 Å². The number of ether oxygens (including phenoxy) is 1. The molecule has 0 aliphatic heterocycles. The molecule has 0 saturated carbocycles. The highest BCUT2D eigenvalue weighted by atomic mass is 79.9. The second-order valence-electron chi connectivity index (χ2n) is 3.41. The maximum Gasteiger partial charge on any atom is 0.380 e. The second-order valence-corrected chi connectivity index (χ2v) is 4.70. The molecule has 1 rings (SSSR count). The van der Waals surface area contributed by atoms with Gasteiger partial charge >= 0.3 is 11.9 Å². The Morgan fingerprint density at radius 2 is 2.22 bits per heavy atom. The maximum atomic E-state index is 13.6. The van der Waals surface area contributed by atoms with Crippen molar-refractivity contribution in [2.24, 2.45) is 0 Å². The van der Waals surface area contributed by atoms with Crippen molar-refractivity contribution in [3.05, 3.63) is 33.3 Å². The molecule has 0 bridgehead atoms. The first kappa shape index (κ1) is 15.3. The van der Waals surface area contributed by atoms with E-state index in [2.05, 4.69) is 20.7 Å². The van der Waals surface area contributed by atoms with Crippen LogP contribution in [0.3, 0.4) is 0 Å². The molecule has 0 saturated heterocycles. The standard InChI is InChI=1S/C11H10BrClF2O3/c1-2-18-10(17)11(14,15)9(16)7-4-3-6(13)5-8(7)12/h3-5,9,16H,2H2,1H3. The van der Waals surface area contributed by atoms with Gasteiger partial charge in [-0.05, 0) is 19.1 Å². The van der Waals surface area contributed by atoms with Crippen LogP contribution in [-0.4, -0.2) is 23.6 Å². The maximum absolute atomic E-state index is 13.6. The summed E-state index contributed by atoms with van der Waals surface area (Å²) < 4.78 is 31.6. The van der Waals surface area contributed by atoms with Gasteiger partial charge in [0, 0.05) is 15.1 Å². The highest BCUT2D eigenvalue weighted by molar-refractivity contribution is 9.10. The molecule has 1 aromatic carbocycles. The number of aliphatic hydroxyl groups is 1. The van der Waals surface area contributed by atoms with Crippen LogP contribution >= 0.6 is 27.5 Å². The van der Waals surface area contributed by atoms with Crippen LogP contribution in [0.2, 0.25) is 5.02 Å². The topological polar surface area (TPSA) is 46.5 Å². The first-order valence-corrected chi connectivity index (χ1v) is 6.15. The SMILES string of the molecule is CCOC(=O)C(F)(F)C(O)c1ccc(Cl)cc1Br. The van der Waals surface area contributed by atoms with Gasteiger partial charge in [0.15, 0.2) is 6.10 Å². The van der Waals surface area contributed by atoms with Crippen LogP contribution in [-0.2, 0) is 9.53 Å². The van der Waals surface area contributed by atoms with Crippen LogP contribution in [0.5, 0.6) is 0 Å². The van der Waals surface area contributed by atoms with Crippen molar-refractivity contribution >= 4 is 33.5 Å². The van der Waals surface area contributed by atoms with Crippen molar-refractivity contribution in [2.45, 2.75) is 19.0 Å². The third kappa shape index (κ3) is 3.18. The lowest BCUT2D eigenvalue weighted by Crippen LogP contribution is -2.37. The average Bonchev–Trinajstić information content (AvgIpc) is 2.28. The first-order chi connectivity index (χ1) is 8.30. The van der Waals surface area contributed by atoms with Crippen molar-refractivity contribution in [1.29, 1.82) is 0 Å². The number of hydrogen-bond donors (Lipinski definition) is 1. The van der Waals surface area contributed by atoms with Crippen molar-refractivity contribution in [2.75, 3.05) is 6.61 Å². The molecule has 0 fully saturated rings. The molecule has 0 aliphatic carbocycles. The summed E-state index contributed by atoms with van der Waals surface area (Å²) in [5.74, 6) is -5.79. The molecule has 0 amide bonds. The van der Waals surface area contributed by atoms with E-state index in [1.807, 2.05) is 0 Å². The number of carbonyl (C=O) groups is 1. The molecule has 0 spiro atoms. The van der Waals surface area contributed by atoms with E-state index in [1.165, 1.54) is 25.1 Å². The minimum Gasteiger partial charge on any atom is -0.461 e. The summed E-state index contributed by atoms with van der Waals surface area (Å²) in [5, 5.41) is 9.91. The van der Waals surface area contributed by atoms with E-state index in [1.54, 1.807) is 0 Å². The number of hydrogen-bond acceptors (Lipinski definition) is 3. The van der Waals surface area contributed by atoms with Crippen LogP contribution in [0.1, 0.15) is 18.6 Å². The Labute approximate surface area is 116 Å². The van der Waals surface area contributed by atoms with Crippen LogP contribution < -0.4 is 0 Å². The van der Waals surface area contributed by atoms with E-state index in [0.29, 0.717) is 5.02 Å². The summed E-state index contributed by atoms with van der Waals surface area (Å²) in [5.41, 5.74) is -0.141. The highest BCUT2D eigenvalue weighted by Crippen LogP contribution is 2.36. The molecule has 1 aromatic rings. The quantitative estimate of drug-likeness (QED) is 0.853. The Balaban J connectivity index is 3.05. The van der Waals surface area contributed by atoms with Crippen molar-refractivity contribution in [3.63, 3.8) is 0 Å². The molecule has 1 N–H and O–H groups in total. The Hall–Kier alpha value is -0.720. The molecule has 100 valence electrons. The summed E-state index contributed by atoms with van der Waals surface area (Å²) in [7, 11) is 0. The van der Waals surface area contributed by atoms with Gasteiger partial charge in [0.25, 0.3) is 0 Å². The Morgan fingerprint density at radius 3 is 2.72 bits per heavy atom. The van der Waals surface area contributed by atoms with Gasteiger partial charge in [-0.2, -0.15) is 8.78 Å². The van der Waals surface area contributed by atoms with Crippen molar-refractivity contribution in [1.82, 2.24) is 0 Å². The minimum absolute atomic E-state index is 0.141. The molecule has 3 nitrogen and oxygen atoms in total. The third-order valence-corrected chi connectivity index (χ3v) is 3.07. The molecule has 0 aliphatic rings. The summed E-state index contributed by atoms with van der Waals surface area (Å²) in [6.07, 6.45) is -2.30. The van der Waals surface area contributed by atoms with Gasteiger partial charge in [-0.25, -0.2) is 4.79 Å². The predicted octanol–water partition coefficient (Wildman–Crippen LogP) is 3.33. The molecule has 7 heteroatoms. The third-order valence-electron chi connectivity index (χ3n) is 2.15. The fourth-order valence-corrected chi connectivity index (χ4v) is 2.16. The molecule has 0 radical (unpaired) electrons. The number of rotatable bonds is 4. The molecule has 0 heterocycles. The zero-order chi connectivity index (χ0) is 13.9. The first-order valence-electron chi connectivity index (χ1n) is 4.98. The van der Waals surface area contributed by atoms with Gasteiger partial charge in [-0.1, -0.05) is 33.6 Å². The summed E-state index contributed by atoms with van der Waals surface area (Å²) in [6, 6.07) is 3.90. The monoisotopic (exact) mass is 342 g/mol. The van der Waals surface area contributed by atoms with Gasteiger partial charge in [-0.15, -0.1) is 0 Å². The lowest BCUT2D eigenvalue weighted by Gasteiger charge is -2.21. The lowest BCUT2D eigenvalue weighted by atomic mass is 10.0. The molecular weight excluding hydrogens is 333 g/mol. The molecule has 1 unspecified atom stereocenters. The normalized spacial score (nSPS) is 13.2. The van der Waals surface area contributed by atoms with Gasteiger partial charge in [0.2, 0.25) is 0 Å². The van der Waals surface area contributed by atoms with Gasteiger partial charge in [0.05, 0.1) is 6.61 Å². The zero-order valence-corrected chi connectivity index (χ0v) is 11.6. The van der Waals surface area contributed by atoms with Crippen molar-refractivity contribution < 1.29 is 23.4 Å². The van der Waals surface area contributed by atoms with E-state index in [9.17, 15) is 18.7 Å². The highest BCUT2D eigenvalue weighted by Gasteiger charge is 2.49. The number of alkyl halides is 2. The Bertz CT molecular complexity index is 454. The predicted molar refractivity (Wildman–Crippen MR) is 65.7 cm³/mol.